The van der Waals surface area contributed by atoms with Gasteiger partial charge in [-0.3, -0.25) is 0 Å². The van der Waals surface area contributed by atoms with Crippen LogP contribution in [0.3, 0.4) is 0 Å². The summed E-state index contributed by atoms with van der Waals surface area (Å²) in [6, 6.07) is 58.3. The number of nitrogens with zero attached hydrogens (tertiary/aromatic N) is 1. The van der Waals surface area contributed by atoms with Crippen LogP contribution < -0.4 is 4.90 Å². The van der Waals surface area contributed by atoms with Crippen LogP contribution in [0.15, 0.2) is 162 Å². The highest BCUT2D eigenvalue weighted by molar-refractivity contribution is 6.13. The van der Waals surface area contributed by atoms with E-state index in [9.17, 15) is 0 Å². The molecule has 0 saturated carbocycles. The Morgan fingerprint density at radius 3 is 1.89 bits per heavy atom. The molecule has 0 radical (unpaired) electrons. The third kappa shape index (κ3) is 4.77. The lowest BCUT2D eigenvalue weighted by molar-refractivity contribution is 0.601. The summed E-state index contributed by atoms with van der Waals surface area (Å²) >= 11 is 0. The molecule has 0 fully saturated rings. The number of hydrogen-bond acceptors (Lipinski definition) is 2. The Labute approximate surface area is 335 Å². The third-order valence-corrected chi connectivity index (χ3v) is 13.2. The van der Waals surface area contributed by atoms with Crippen LogP contribution in [0.2, 0.25) is 0 Å². The fourth-order valence-electron chi connectivity index (χ4n) is 10.4. The van der Waals surface area contributed by atoms with Crippen molar-refractivity contribution in [2.45, 2.75) is 58.3 Å². The number of anilines is 3. The lowest BCUT2D eigenvalue weighted by atomic mass is 9.72. The molecule has 11 rings (SSSR count). The molecule has 276 valence electrons. The van der Waals surface area contributed by atoms with Crippen molar-refractivity contribution >= 4 is 49.8 Å². The summed E-state index contributed by atoms with van der Waals surface area (Å²) in [5, 5.41) is 4.87. The van der Waals surface area contributed by atoms with Crippen molar-refractivity contribution in [2.75, 3.05) is 4.90 Å². The van der Waals surface area contributed by atoms with Gasteiger partial charge in [0.2, 0.25) is 0 Å². The maximum absolute atomic E-state index is 7.03. The first kappa shape index (κ1) is 33.9. The number of hydrogen-bond donors (Lipinski definition) is 0. The number of fused-ring (bicyclic) bond motifs is 12. The molecular formula is C55H45NO. The third-order valence-electron chi connectivity index (χ3n) is 13.2. The summed E-state index contributed by atoms with van der Waals surface area (Å²) < 4.78 is 7.03. The topological polar surface area (TPSA) is 16.4 Å². The largest absolute Gasteiger partial charge is 0.453 e. The molecular weight excluding hydrogens is 691 g/mol. The van der Waals surface area contributed by atoms with Crippen LogP contribution in [0.25, 0.3) is 66.1 Å². The van der Waals surface area contributed by atoms with Crippen LogP contribution in [0.4, 0.5) is 17.1 Å². The van der Waals surface area contributed by atoms with Gasteiger partial charge in [0.1, 0.15) is 5.58 Å². The van der Waals surface area contributed by atoms with Crippen LogP contribution in [0.5, 0.6) is 0 Å². The summed E-state index contributed by atoms with van der Waals surface area (Å²) in [5.74, 6) is 0.442. The summed E-state index contributed by atoms with van der Waals surface area (Å²) in [4.78, 5) is 2.41. The predicted octanol–water partition coefficient (Wildman–Crippen LogP) is 15.6. The Morgan fingerprint density at radius 2 is 1.11 bits per heavy atom. The molecule has 0 bridgehead atoms. The smallest absolute Gasteiger partial charge is 0.159 e. The van der Waals surface area contributed by atoms with E-state index in [0.717, 1.165) is 50.1 Å². The number of para-hydroxylation sites is 2. The van der Waals surface area contributed by atoms with Gasteiger partial charge in [0, 0.05) is 38.5 Å². The monoisotopic (exact) mass is 735 g/mol. The molecule has 0 aliphatic heterocycles. The lowest BCUT2D eigenvalue weighted by Crippen LogP contribution is -2.24. The van der Waals surface area contributed by atoms with E-state index in [1.807, 2.05) is 0 Å². The highest BCUT2D eigenvalue weighted by Crippen LogP contribution is 2.60. The lowest BCUT2D eigenvalue weighted by Gasteiger charge is -2.31. The molecule has 2 aliphatic carbocycles. The Balaban J connectivity index is 1.11. The fourth-order valence-corrected chi connectivity index (χ4v) is 10.4. The average molecular weight is 736 g/mol. The first-order chi connectivity index (χ1) is 27.6. The minimum absolute atomic E-state index is 0.137. The molecule has 0 amide bonds. The van der Waals surface area contributed by atoms with E-state index >= 15 is 0 Å². The molecule has 1 heterocycles. The van der Waals surface area contributed by atoms with E-state index in [1.165, 1.54) is 60.8 Å². The Kier molecular flexibility index (Phi) is 7.18. The van der Waals surface area contributed by atoms with Crippen molar-refractivity contribution in [3.05, 3.63) is 186 Å². The fraction of sp³-hybridized carbons (Fsp3) is 0.164. The quantitative estimate of drug-likeness (QED) is 0.175. The van der Waals surface area contributed by atoms with E-state index in [4.69, 9.17) is 4.42 Å². The molecule has 0 spiro atoms. The van der Waals surface area contributed by atoms with Crippen LogP contribution in [0, 0.1) is 0 Å². The molecule has 2 heteroatoms. The molecule has 57 heavy (non-hydrogen) atoms. The van der Waals surface area contributed by atoms with Crippen LogP contribution in [-0.2, 0) is 10.8 Å². The SMILES string of the molecule is CC(C)c1ccc(N(c2ccc3c(c2)C(C)(C)c2c-3ccc3c2C(C)(C)c2ccc4ccccc4c2-3)c2cccc3c2oc2c(-c4ccccc4)cccc23)cc1. The standard InChI is InChI=1S/C55H45NO/c1-33(2)34-22-25-37(26-23-34)56(48-21-13-20-44-43-19-12-18-40(52(43)57-53(44)48)35-14-8-7-9-15-35)38-27-28-41-42-29-30-45-49-39-17-11-10-16-36(39)24-31-46(49)54(3,4)51(45)50(42)55(5,6)47(41)32-38/h7-33H,1-6H3. The first-order valence-electron chi connectivity index (χ1n) is 20.4. The van der Waals surface area contributed by atoms with Gasteiger partial charge in [-0.1, -0.05) is 169 Å². The summed E-state index contributed by atoms with van der Waals surface area (Å²) in [6.45, 7) is 14.2. The Bertz CT molecular complexity index is 3090. The molecule has 0 atom stereocenters. The zero-order chi connectivity index (χ0) is 38.8. The molecule has 8 aromatic carbocycles. The zero-order valence-electron chi connectivity index (χ0n) is 33.4. The predicted molar refractivity (Wildman–Crippen MR) is 241 cm³/mol. The van der Waals surface area contributed by atoms with E-state index in [-0.39, 0.29) is 10.8 Å². The van der Waals surface area contributed by atoms with Gasteiger partial charge >= 0.3 is 0 Å². The second-order valence-corrected chi connectivity index (χ2v) is 17.5. The van der Waals surface area contributed by atoms with Gasteiger partial charge in [0.25, 0.3) is 0 Å². The maximum Gasteiger partial charge on any atom is 0.159 e. The van der Waals surface area contributed by atoms with Crippen molar-refractivity contribution in [2.24, 2.45) is 0 Å². The number of rotatable bonds is 5. The molecule has 2 nitrogen and oxygen atoms in total. The van der Waals surface area contributed by atoms with Crippen molar-refractivity contribution in [3.63, 3.8) is 0 Å². The normalized spacial score (nSPS) is 14.6. The second-order valence-electron chi connectivity index (χ2n) is 17.5. The molecule has 9 aromatic rings. The summed E-state index contributed by atoms with van der Waals surface area (Å²) in [5.41, 5.74) is 19.4. The number of benzene rings is 8. The van der Waals surface area contributed by atoms with Gasteiger partial charge in [-0.05, 0) is 103 Å². The maximum atomic E-state index is 7.03. The van der Waals surface area contributed by atoms with Gasteiger partial charge < -0.3 is 9.32 Å². The molecule has 2 aliphatic rings. The Morgan fingerprint density at radius 1 is 0.474 bits per heavy atom. The van der Waals surface area contributed by atoms with Gasteiger partial charge in [0.15, 0.2) is 5.58 Å². The highest BCUT2D eigenvalue weighted by atomic mass is 16.3. The van der Waals surface area contributed by atoms with Crippen molar-refractivity contribution < 1.29 is 4.42 Å². The highest BCUT2D eigenvalue weighted by Gasteiger charge is 2.46. The van der Waals surface area contributed by atoms with E-state index in [2.05, 4.69) is 204 Å². The summed E-state index contributed by atoms with van der Waals surface area (Å²) in [6.07, 6.45) is 0. The average Bonchev–Trinajstić information content (AvgIpc) is 3.81. The molecule has 0 saturated heterocycles. The van der Waals surface area contributed by atoms with Gasteiger partial charge in [-0.25, -0.2) is 0 Å². The Hall–Kier alpha value is -6.38. The van der Waals surface area contributed by atoms with E-state index < -0.39 is 0 Å². The minimum atomic E-state index is -0.232. The summed E-state index contributed by atoms with van der Waals surface area (Å²) in [7, 11) is 0. The van der Waals surface area contributed by atoms with Crippen LogP contribution in [0.1, 0.15) is 75.3 Å². The second kappa shape index (κ2) is 12.1. The minimum Gasteiger partial charge on any atom is -0.453 e. The van der Waals surface area contributed by atoms with E-state index in [0.29, 0.717) is 5.92 Å². The van der Waals surface area contributed by atoms with Crippen LogP contribution in [-0.4, -0.2) is 0 Å². The van der Waals surface area contributed by atoms with Crippen molar-refractivity contribution in [1.29, 1.82) is 0 Å². The van der Waals surface area contributed by atoms with Crippen LogP contribution >= 0.6 is 0 Å². The van der Waals surface area contributed by atoms with Crippen molar-refractivity contribution in [1.82, 2.24) is 0 Å². The van der Waals surface area contributed by atoms with Gasteiger partial charge in [-0.15, -0.1) is 0 Å². The van der Waals surface area contributed by atoms with Gasteiger partial charge in [-0.2, -0.15) is 0 Å². The van der Waals surface area contributed by atoms with Gasteiger partial charge in [0.05, 0.1) is 5.69 Å². The molecule has 1 aromatic heterocycles. The van der Waals surface area contributed by atoms with E-state index in [1.54, 1.807) is 0 Å². The first-order valence-corrected chi connectivity index (χ1v) is 20.4. The number of furan rings is 1. The zero-order valence-corrected chi connectivity index (χ0v) is 33.4. The molecule has 0 N–H and O–H groups in total. The molecule has 0 unspecified atom stereocenters. The van der Waals surface area contributed by atoms with Crippen molar-refractivity contribution in [3.8, 4) is 33.4 Å².